The molecule has 0 radical (unpaired) electrons. The van der Waals surface area contributed by atoms with Crippen molar-refractivity contribution in [1.82, 2.24) is 30.1 Å². The van der Waals surface area contributed by atoms with Crippen molar-refractivity contribution in [2.45, 2.75) is 53.4 Å². The quantitative estimate of drug-likeness (QED) is 0.303. The van der Waals surface area contributed by atoms with E-state index in [2.05, 4.69) is 71.3 Å². The van der Waals surface area contributed by atoms with Gasteiger partial charge in [-0.1, -0.05) is 44.2 Å². The summed E-state index contributed by atoms with van der Waals surface area (Å²) in [5, 5.41) is 13.8. The predicted molar refractivity (Wildman–Crippen MR) is 143 cm³/mol. The first-order valence-corrected chi connectivity index (χ1v) is 12.6. The van der Waals surface area contributed by atoms with Crippen LogP contribution in [0.3, 0.4) is 0 Å². The van der Waals surface area contributed by atoms with Gasteiger partial charge in [-0.3, -0.25) is 9.69 Å². The van der Waals surface area contributed by atoms with E-state index in [4.69, 9.17) is 4.42 Å². The Kier molecular flexibility index (Phi) is 7.01. The molecule has 0 bridgehead atoms. The number of H-pyrrole nitrogens is 1. The number of nitrogens with one attached hydrogen (secondary N) is 1. The zero-order valence-electron chi connectivity index (χ0n) is 21.7. The molecule has 0 fully saturated rings. The monoisotopic (exact) mass is 496 g/mol. The van der Waals surface area contributed by atoms with Crippen LogP contribution in [0, 0.1) is 19.8 Å². The molecule has 5 rings (SSSR count). The van der Waals surface area contributed by atoms with E-state index in [-0.39, 0.29) is 17.5 Å². The van der Waals surface area contributed by atoms with E-state index in [1.807, 2.05) is 42.5 Å². The number of aryl methyl sites for hydroxylation is 2. The zero-order valence-corrected chi connectivity index (χ0v) is 21.7. The van der Waals surface area contributed by atoms with Gasteiger partial charge in [0.25, 0.3) is 5.56 Å². The molecule has 0 spiro atoms. The smallest absolute Gasteiger partial charge is 0.252 e. The lowest BCUT2D eigenvalue weighted by Crippen LogP contribution is -2.35. The summed E-state index contributed by atoms with van der Waals surface area (Å²) in [4.78, 5) is 18.6. The number of tetrazole rings is 1. The fourth-order valence-electron chi connectivity index (χ4n) is 4.90. The van der Waals surface area contributed by atoms with E-state index >= 15 is 0 Å². The van der Waals surface area contributed by atoms with E-state index in [0.717, 1.165) is 33.6 Å². The highest BCUT2D eigenvalue weighted by Gasteiger charge is 2.30. The highest BCUT2D eigenvalue weighted by Crippen LogP contribution is 2.30. The van der Waals surface area contributed by atoms with Gasteiger partial charge in [0.2, 0.25) is 0 Å². The molecule has 1 unspecified atom stereocenters. The Balaban J connectivity index is 1.56. The summed E-state index contributed by atoms with van der Waals surface area (Å²) in [6.45, 7) is 9.99. The molecule has 0 saturated carbocycles. The van der Waals surface area contributed by atoms with Crippen molar-refractivity contribution in [3.8, 4) is 0 Å². The molecule has 3 aromatic heterocycles. The molecular formula is C29H32N6O2. The molecular weight excluding hydrogens is 464 g/mol. The van der Waals surface area contributed by atoms with Crippen LogP contribution in [-0.2, 0) is 19.6 Å². The van der Waals surface area contributed by atoms with Crippen molar-refractivity contribution in [3.05, 3.63) is 111 Å². The van der Waals surface area contributed by atoms with Gasteiger partial charge in [-0.15, -0.1) is 5.10 Å². The van der Waals surface area contributed by atoms with Crippen LogP contribution in [-0.4, -0.2) is 30.1 Å². The topological polar surface area (TPSA) is 92.8 Å². The lowest BCUT2D eigenvalue weighted by atomic mass is 9.99. The van der Waals surface area contributed by atoms with E-state index in [0.29, 0.717) is 25.2 Å². The molecule has 1 atom stereocenters. The number of fused-ring (bicyclic) bond motifs is 1. The fourth-order valence-corrected chi connectivity index (χ4v) is 4.90. The Hall–Kier alpha value is -4.04. The molecule has 0 aliphatic rings. The van der Waals surface area contributed by atoms with Gasteiger partial charge in [-0.2, -0.15) is 0 Å². The van der Waals surface area contributed by atoms with Crippen molar-refractivity contribution in [1.29, 1.82) is 0 Å². The predicted octanol–water partition coefficient (Wildman–Crippen LogP) is 5.17. The number of aromatic nitrogens is 5. The van der Waals surface area contributed by atoms with Crippen molar-refractivity contribution in [2.24, 2.45) is 5.92 Å². The first-order chi connectivity index (χ1) is 17.9. The van der Waals surface area contributed by atoms with Crippen LogP contribution in [0.4, 0.5) is 0 Å². The maximum absolute atomic E-state index is 13.2. The highest BCUT2D eigenvalue weighted by molar-refractivity contribution is 5.80. The summed E-state index contributed by atoms with van der Waals surface area (Å²) in [6.07, 6.45) is 1.65. The SMILES string of the molecule is Cc1cc2cc(CN(Cc3ccccc3)C(c3nnnn3Cc3ccco3)C(C)C)c(=O)[nH]c2cc1C. The van der Waals surface area contributed by atoms with E-state index in [1.54, 1.807) is 10.9 Å². The minimum Gasteiger partial charge on any atom is -0.467 e. The molecule has 0 aliphatic carbocycles. The summed E-state index contributed by atoms with van der Waals surface area (Å²) >= 11 is 0. The third kappa shape index (κ3) is 5.39. The molecule has 190 valence electrons. The Bertz CT molecular complexity index is 1540. The molecule has 8 nitrogen and oxygen atoms in total. The maximum Gasteiger partial charge on any atom is 0.252 e. The van der Waals surface area contributed by atoms with Crippen molar-refractivity contribution in [2.75, 3.05) is 0 Å². The summed E-state index contributed by atoms with van der Waals surface area (Å²) < 4.78 is 7.34. The Morgan fingerprint density at radius 1 is 1.00 bits per heavy atom. The minimum absolute atomic E-state index is 0.0773. The van der Waals surface area contributed by atoms with Gasteiger partial charge in [0.1, 0.15) is 12.3 Å². The van der Waals surface area contributed by atoms with Crippen LogP contribution in [0.15, 0.2) is 76.1 Å². The lowest BCUT2D eigenvalue weighted by Gasteiger charge is -2.33. The third-order valence-electron chi connectivity index (χ3n) is 6.87. The highest BCUT2D eigenvalue weighted by atomic mass is 16.3. The number of hydrogen-bond acceptors (Lipinski definition) is 6. The molecule has 3 heterocycles. The summed E-state index contributed by atoms with van der Waals surface area (Å²) in [7, 11) is 0. The van der Waals surface area contributed by atoms with Crippen LogP contribution in [0.2, 0.25) is 0 Å². The van der Waals surface area contributed by atoms with Crippen LogP contribution in [0.25, 0.3) is 10.9 Å². The average molecular weight is 497 g/mol. The van der Waals surface area contributed by atoms with E-state index < -0.39 is 0 Å². The normalized spacial score (nSPS) is 12.6. The van der Waals surface area contributed by atoms with Gasteiger partial charge < -0.3 is 9.40 Å². The number of aromatic amines is 1. The second kappa shape index (κ2) is 10.5. The summed E-state index contributed by atoms with van der Waals surface area (Å²) in [6, 6.07) is 20.1. The van der Waals surface area contributed by atoms with Gasteiger partial charge in [0.05, 0.1) is 12.3 Å². The molecule has 0 aliphatic heterocycles. The first-order valence-electron chi connectivity index (χ1n) is 12.6. The van der Waals surface area contributed by atoms with E-state index in [1.165, 1.54) is 5.56 Å². The number of benzene rings is 2. The average Bonchev–Trinajstić information content (AvgIpc) is 3.54. The third-order valence-corrected chi connectivity index (χ3v) is 6.87. The standard InChI is InChI=1S/C29H32N6O2/c1-19(2)27(28-31-32-33-35(28)18-25-11-8-12-37-25)34(16-22-9-6-5-7-10-22)17-24-15-23-13-20(3)21(4)14-26(23)30-29(24)36/h5-15,19,27H,16-18H2,1-4H3,(H,30,36). The van der Waals surface area contributed by atoms with Crippen LogP contribution in [0.1, 0.15) is 53.7 Å². The van der Waals surface area contributed by atoms with Crippen molar-refractivity contribution < 1.29 is 4.42 Å². The number of nitrogens with zero attached hydrogens (tertiary/aromatic N) is 5. The van der Waals surface area contributed by atoms with Crippen molar-refractivity contribution in [3.63, 3.8) is 0 Å². The summed E-state index contributed by atoms with van der Waals surface area (Å²) in [5.74, 6) is 1.70. The summed E-state index contributed by atoms with van der Waals surface area (Å²) in [5.41, 5.74) is 5.00. The van der Waals surface area contributed by atoms with Crippen LogP contribution >= 0.6 is 0 Å². The lowest BCUT2D eigenvalue weighted by molar-refractivity contribution is 0.125. The number of pyridine rings is 1. The van der Waals surface area contributed by atoms with Gasteiger partial charge in [0, 0.05) is 24.2 Å². The molecule has 8 heteroatoms. The minimum atomic E-state index is -0.139. The number of rotatable bonds is 9. The van der Waals surface area contributed by atoms with Gasteiger partial charge in [0.15, 0.2) is 5.82 Å². The van der Waals surface area contributed by atoms with Gasteiger partial charge in [-0.05, 0) is 82.6 Å². The second-order valence-corrected chi connectivity index (χ2v) is 10.0. The fraction of sp³-hybridized carbons (Fsp3) is 0.310. The zero-order chi connectivity index (χ0) is 25.9. The largest absolute Gasteiger partial charge is 0.467 e. The van der Waals surface area contributed by atoms with Gasteiger partial charge >= 0.3 is 0 Å². The Morgan fingerprint density at radius 2 is 1.78 bits per heavy atom. The molecule has 2 aromatic carbocycles. The maximum atomic E-state index is 13.2. The van der Waals surface area contributed by atoms with Crippen LogP contribution in [0.5, 0.6) is 0 Å². The molecule has 5 aromatic rings. The number of hydrogen-bond donors (Lipinski definition) is 1. The Labute approximate surface area is 215 Å². The van der Waals surface area contributed by atoms with Crippen LogP contribution < -0.4 is 5.56 Å². The number of furan rings is 1. The van der Waals surface area contributed by atoms with Gasteiger partial charge in [-0.25, -0.2) is 4.68 Å². The van der Waals surface area contributed by atoms with E-state index in [9.17, 15) is 4.79 Å². The molecule has 0 saturated heterocycles. The first kappa shape index (κ1) is 24.6. The molecule has 37 heavy (non-hydrogen) atoms. The second-order valence-electron chi connectivity index (χ2n) is 10.0. The van der Waals surface area contributed by atoms with Crippen molar-refractivity contribution >= 4 is 10.9 Å². The Morgan fingerprint density at radius 3 is 2.51 bits per heavy atom. The molecule has 0 amide bonds. The molecule has 1 N–H and O–H groups in total.